The number of carbonyl (C=O) groups excluding carboxylic acids is 1. The van der Waals surface area contributed by atoms with E-state index in [9.17, 15) is 18.7 Å². The lowest BCUT2D eigenvalue weighted by atomic mass is 9.88. The van der Waals surface area contributed by atoms with Gasteiger partial charge in [0, 0.05) is 31.3 Å². The van der Waals surface area contributed by atoms with Crippen LogP contribution in [0.2, 0.25) is 0 Å². The minimum absolute atomic E-state index is 0.0149. The maximum atomic E-state index is 13.6. The smallest absolute Gasteiger partial charge is 0.254 e. The molecule has 0 bridgehead atoms. The largest absolute Gasteiger partial charge is 0.394 e. The Bertz CT molecular complexity index is 826. The first-order valence-corrected chi connectivity index (χ1v) is 10.5. The fraction of sp³-hybridized carbons (Fsp3) is 0.458. The summed E-state index contributed by atoms with van der Waals surface area (Å²) in [6, 6.07) is 12.8. The minimum Gasteiger partial charge on any atom is -0.394 e. The molecular weight excluding hydrogens is 386 g/mol. The predicted octanol–water partition coefficient (Wildman–Crippen LogP) is 3.60. The van der Waals surface area contributed by atoms with Crippen LogP contribution < -0.4 is 0 Å². The number of rotatable bonds is 8. The molecule has 0 saturated carbocycles. The number of nitrogens with zero attached hydrogens (tertiary/aromatic N) is 2. The lowest BCUT2D eigenvalue weighted by Gasteiger charge is -2.30. The molecule has 1 aliphatic rings. The van der Waals surface area contributed by atoms with E-state index in [1.807, 2.05) is 18.2 Å². The molecular formula is C24H30F2N2O2. The van der Waals surface area contributed by atoms with Crippen LogP contribution in [0, 0.1) is 23.5 Å². The third kappa shape index (κ3) is 5.24. The van der Waals surface area contributed by atoms with Crippen LogP contribution in [0.25, 0.3) is 0 Å². The molecule has 0 aliphatic carbocycles. The highest BCUT2D eigenvalue weighted by Gasteiger charge is 2.43. The molecule has 0 spiro atoms. The molecule has 0 aromatic heterocycles. The summed E-state index contributed by atoms with van der Waals surface area (Å²) in [6.45, 7) is 4.01. The molecule has 1 saturated heterocycles. The van der Waals surface area contributed by atoms with Crippen molar-refractivity contribution in [1.29, 1.82) is 0 Å². The van der Waals surface area contributed by atoms with E-state index in [4.69, 9.17) is 0 Å². The molecule has 3 rings (SSSR count). The van der Waals surface area contributed by atoms with Crippen LogP contribution in [0.5, 0.6) is 0 Å². The SMILES string of the molecule is CC[C@@H]1CN(C(=O)c2cc(F)cc(F)c2)[C@H](CO)[C@@H]1CN(C)CCc1ccccc1. The Balaban J connectivity index is 1.70. The zero-order valence-electron chi connectivity index (χ0n) is 17.6. The molecule has 4 nitrogen and oxygen atoms in total. The third-order valence-electron chi connectivity index (χ3n) is 6.16. The maximum Gasteiger partial charge on any atom is 0.254 e. The zero-order valence-corrected chi connectivity index (χ0v) is 17.6. The molecule has 30 heavy (non-hydrogen) atoms. The molecule has 1 N–H and O–H groups in total. The number of aliphatic hydroxyl groups excluding tert-OH is 1. The molecule has 1 heterocycles. The summed E-state index contributed by atoms with van der Waals surface area (Å²) in [4.78, 5) is 16.8. The fourth-order valence-electron chi connectivity index (χ4n) is 4.50. The number of likely N-dealkylation sites (N-methyl/N-ethyl adjacent to an activating group) is 1. The van der Waals surface area contributed by atoms with Crippen LogP contribution >= 0.6 is 0 Å². The van der Waals surface area contributed by atoms with E-state index in [-0.39, 0.29) is 30.0 Å². The van der Waals surface area contributed by atoms with E-state index in [0.717, 1.165) is 44.1 Å². The van der Waals surface area contributed by atoms with E-state index in [2.05, 4.69) is 31.0 Å². The fourth-order valence-corrected chi connectivity index (χ4v) is 4.50. The first-order chi connectivity index (χ1) is 14.4. The van der Waals surface area contributed by atoms with E-state index >= 15 is 0 Å². The number of halogens is 2. The molecule has 162 valence electrons. The van der Waals surface area contributed by atoms with Crippen molar-refractivity contribution in [2.45, 2.75) is 25.8 Å². The van der Waals surface area contributed by atoms with Crippen LogP contribution in [-0.2, 0) is 6.42 Å². The van der Waals surface area contributed by atoms with Crippen molar-refractivity contribution in [3.8, 4) is 0 Å². The summed E-state index contributed by atoms with van der Waals surface area (Å²) in [7, 11) is 2.05. The van der Waals surface area contributed by atoms with E-state index in [0.29, 0.717) is 6.54 Å². The molecule has 3 atom stereocenters. The normalized spacial score (nSPS) is 21.4. The summed E-state index contributed by atoms with van der Waals surface area (Å²) in [5.41, 5.74) is 1.25. The van der Waals surface area contributed by atoms with Crippen LogP contribution in [0.1, 0.15) is 29.3 Å². The third-order valence-corrected chi connectivity index (χ3v) is 6.16. The van der Waals surface area contributed by atoms with E-state index in [1.165, 1.54) is 5.56 Å². The average molecular weight is 417 g/mol. The second kappa shape index (κ2) is 10.1. The van der Waals surface area contributed by atoms with Gasteiger partial charge in [-0.15, -0.1) is 0 Å². The molecule has 2 aromatic rings. The zero-order chi connectivity index (χ0) is 21.7. The summed E-state index contributed by atoms with van der Waals surface area (Å²) >= 11 is 0. The number of hydrogen-bond acceptors (Lipinski definition) is 3. The van der Waals surface area contributed by atoms with Crippen molar-refractivity contribution in [3.05, 3.63) is 71.3 Å². The molecule has 2 aromatic carbocycles. The number of benzene rings is 2. The Kier molecular flexibility index (Phi) is 7.56. The van der Waals surface area contributed by atoms with Gasteiger partial charge in [-0.25, -0.2) is 8.78 Å². The number of hydrogen-bond donors (Lipinski definition) is 1. The number of amides is 1. The van der Waals surface area contributed by atoms with Gasteiger partial charge in [-0.2, -0.15) is 0 Å². The van der Waals surface area contributed by atoms with Gasteiger partial charge in [0.25, 0.3) is 5.91 Å². The second-order valence-electron chi connectivity index (χ2n) is 8.20. The van der Waals surface area contributed by atoms with Gasteiger partial charge in [0.05, 0.1) is 12.6 Å². The number of likely N-dealkylation sites (tertiary alicyclic amines) is 1. The predicted molar refractivity (Wildman–Crippen MR) is 113 cm³/mol. The van der Waals surface area contributed by atoms with Gasteiger partial charge in [-0.05, 0) is 43.0 Å². The highest BCUT2D eigenvalue weighted by Crippen LogP contribution is 2.34. The van der Waals surface area contributed by atoms with Gasteiger partial charge >= 0.3 is 0 Å². The molecule has 0 unspecified atom stereocenters. The molecule has 0 radical (unpaired) electrons. The number of aliphatic hydroxyl groups is 1. The van der Waals surface area contributed by atoms with Gasteiger partial charge < -0.3 is 14.9 Å². The minimum atomic E-state index is -0.776. The van der Waals surface area contributed by atoms with Crippen molar-refractivity contribution in [2.75, 3.05) is 33.3 Å². The van der Waals surface area contributed by atoms with Gasteiger partial charge in [-0.3, -0.25) is 4.79 Å². The highest BCUT2D eigenvalue weighted by molar-refractivity contribution is 5.94. The topological polar surface area (TPSA) is 43.8 Å². The van der Waals surface area contributed by atoms with Gasteiger partial charge in [0.1, 0.15) is 11.6 Å². The van der Waals surface area contributed by atoms with Crippen molar-refractivity contribution in [2.24, 2.45) is 11.8 Å². The summed E-state index contributed by atoms with van der Waals surface area (Å²) < 4.78 is 27.2. The molecule has 1 aliphatic heterocycles. The van der Waals surface area contributed by atoms with Crippen molar-refractivity contribution in [1.82, 2.24) is 9.80 Å². The molecule has 1 amide bonds. The Morgan fingerprint density at radius 3 is 2.43 bits per heavy atom. The van der Waals surface area contributed by atoms with Crippen LogP contribution in [-0.4, -0.2) is 60.1 Å². The first-order valence-electron chi connectivity index (χ1n) is 10.5. The van der Waals surface area contributed by atoms with Crippen molar-refractivity contribution >= 4 is 5.91 Å². The van der Waals surface area contributed by atoms with Gasteiger partial charge in [0.2, 0.25) is 0 Å². The molecule has 6 heteroatoms. The van der Waals surface area contributed by atoms with E-state index < -0.39 is 17.5 Å². The lowest BCUT2D eigenvalue weighted by molar-refractivity contribution is 0.0622. The standard InChI is InChI=1S/C24H30F2N2O2/c1-3-18-14-28(24(30)19-11-20(25)13-21(26)12-19)23(16-29)22(18)15-27(2)10-9-17-7-5-4-6-8-17/h4-8,11-13,18,22-23,29H,3,9-10,14-16H2,1-2H3/t18-,22-,23-/m1/s1. The average Bonchev–Trinajstić information content (AvgIpc) is 3.09. The first kappa shape index (κ1) is 22.4. The number of carbonyl (C=O) groups is 1. The summed E-state index contributed by atoms with van der Waals surface area (Å²) in [6.07, 6.45) is 1.80. The van der Waals surface area contributed by atoms with Crippen LogP contribution in [0.4, 0.5) is 8.78 Å². The van der Waals surface area contributed by atoms with Gasteiger partial charge in [-0.1, -0.05) is 43.7 Å². The van der Waals surface area contributed by atoms with E-state index in [1.54, 1.807) is 4.90 Å². The van der Waals surface area contributed by atoms with Gasteiger partial charge in [0.15, 0.2) is 0 Å². The molecule has 1 fully saturated rings. The monoisotopic (exact) mass is 416 g/mol. The highest BCUT2D eigenvalue weighted by atomic mass is 19.1. The Morgan fingerprint density at radius 2 is 1.83 bits per heavy atom. The summed E-state index contributed by atoms with van der Waals surface area (Å²) in [5, 5.41) is 10.1. The Labute approximate surface area is 177 Å². The Hall–Kier alpha value is -2.31. The van der Waals surface area contributed by atoms with Crippen LogP contribution in [0.15, 0.2) is 48.5 Å². The quantitative estimate of drug-likeness (QED) is 0.715. The lowest BCUT2D eigenvalue weighted by Crippen LogP contribution is -2.43. The second-order valence-corrected chi connectivity index (χ2v) is 8.20. The van der Waals surface area contributed by atoms with Crippen molar-refractivity contribution in [3.63, 3.8) is 0 Å². The maximum absolute atomic E-state index is 13.6. The van der Waals surface area contributed by atoms with Crippen LogP contribution in [0.3, 0.4) is 0 Å². The Morgan fingerprint density at radius 1 is 1.17 bits per heavy atom. The summed E-state index contributed by atoms with van der Waals surface area (Å²) in [5.74, 6) is -1.66. The van der Waals surface area contributed by atoms with Crippen molar-refractivity contribution < 1.29 is 18.7 Å².